The monoisotopic (exact) mass is 284 g/mol. The molecule has 0 spiro atoms. The zero-order valence-electron chi connectivity index (χ0n) is 12.2. The minimum atomic E-state index is -0.167. The summed E-state index contributed by atoms with van der Waals surface area (Å²) in [6, 6.07) is 3.68. The largest absolute Gasteiger partial charge is 0.309 e. The third-order valence-corrected chi connectivity index (χ3v) is 3.28. The van der Waals surface area contributed by atoms with Crippen LogP contribution in [-0.4, -0.2) is 30.5 Å². The molecule has 0 aromatic carbocycles. The highest BCUT2D eigenvalue weighted by Crippen LogP contribution is 2.16. The second-order valence-electron chi connectivity index (χ2n) is 5.01. The van der Waals surface area contributed by atoms with E-state index in [1.165, 1.54) is 0 Å². The molecule has 1 amide bonds. The van der Waals surface area contributed by atoms with Crippen LogP contribution >= 0.6 is 0 Å². The number of carbonyl (C=O) groups excluding carboxylic acids is 1. The molecular weight excluding hydrogens is 268 g/mol. The van der Waals surface area contributed by atoms with Gasteiger partial charge in [-0.1, -0.05) is 6.07 Å². The van der Waals surface area contributed by atoms with Gasteiger partial charge in [-0.2, -0.15) is 10.2 Å². The van der Waals surface area contributed by atoms with Crippen molar-refractivity contribution < 1.29 is 4.79 Å². The Morgan fingerprint density at radius 2 is 2.10 bits per heavy atom. The Morgan fingerprint density at radius 3 is 2.81 bits per heavy atom. The van der Waals surface area contributed by atoms with Crippen LogP contribution in [0, 0.1) is 13.8 Å². The molecule has 0 fully saturated rings. The lowest BCUT2D eigenvalue weighted by Crippen LogP contribution is -2.20. The van der Waals surface area contributed by atoms with E-state index in [4.69, 9.17) is 0 Å². The SMILES string of the molecule is Cc1ccc(NC(=O)Cn2ncc3c2c(C)nn3C)nc1. The van der Waals surface area contributed by atoms with E-state index in [2.05, 4.69) is 20.5 Å². The van der Waals surface area contributed by atoms with Crippen LogP contribution in [-0.2, 0) is 18.4 Å². The average molecular weight is 284 g/mol. The predicted molar refractivity (Wildman–Crippen MR) is 78.8 cm³/mol. The Labute approximate surface area is 121 Å². The van der Waals surface area contributed by atoms with E-state index >= 15 is 0 Å². The number of fused-ring (bicyclic) bond motifs is 1. The third-order valence-electron chi connectivity index (χ3n) is 3.28. The maximum Gasteiger partial charge on any atom is 0.247 e. The molecule has 0 radical (unpaired) electrons. The number of nitrogens with one attached hydrogen (secondary N) is 1. The summed E-state index contributed by atoms with van der Waals surface area (Å²) in [5.74, 6) is 0.372. The Bertz CT molecular complexity index is 799. The highest BCUT2D eigenvalue weighted by Gasteiger charge is 2.14. The molecule has 3 rings (SSSR count). The van der Waals surface area contributed by atoms with Gasteiger partial charge in [0.1, 0.15) is 23.4 Å². The summed E-state index contributed by atoms with van der Waals surface area (Å²) >= 11 is 0. The first-order valence-electron chi connectivity index (χ1n) is 6.62. The minimum Gasteiger partial charge on any atom is -0.309 e. The van der Waals surface area contributed by atoms with Crippen LogP contribution in [0.5, 0.6) is 0 Å². The van der Waals surface area contributed by atoms with Crippen LogP contribution in [0.3, 0.4) is 0 Å². The number of rotatable bonds is 3. The third kappa shape index (κ3) is 2.49. The molecule has 1 N–H and O–H groups in total. The second kappa shape index (κ2) is 5.01. The molecule has 0 aliphatic rings. The van der Waals surface area contributed by atoms with Crippen molar-refractivity contribution in [3.8, 4) is 0 Å². The van der Waals surface area contributed by atoms with Gasteiger partial charge in [0.2, 0.25) is 5.91 Å². The zero-order chi connectivity index (χ0) is 15.0. The second-order valence-corrected chi connectivity index (χ2v) is 5.01. The van der Waals surface area contributed by atoms with Crippen LogP contribution in [0.15, 0.2) is 24.5 Å². The molecule has 0 saturated heterocycles. The van der Waals surface area contributed by atoms with Gasteiger partial charge in [0.15, 0.2) is 0 Å². The number of hydrogen-bond donors (Lipinski definition) is 1. The van der Waals surface area contributed by atoms with Gasteiger partial charge in [0.25, 0.3) is 0 Å². The van der Waals surface area contributed by atoms with Crippen molar-refractivity contribution in [1.82, 2.24) is 24.5 Å². The molecule has 0 aliphatic heterocycles. The van der Waals surface area contributed by atoms with E-state index in [0.29, 0.717) is 5.82 Å². The molecule has 0 saturated carbocycles. The smallest absolute Gasteiger partial charge is 0.247 e. The van der Waals surface area contributed by atoms with Crippen molar-refractivity contribution in [3.63, 3.8) is 0 Å². The number of hydrogen-bond acceptors (Lipinski definition) is 4. The normalized spacial score (nSPS) is 11.0. The lowest BCUT2D eigenvalue weighted by molar-refractivity contribution is -0.116. The maximum absolute atomic E-state index is 12.1. The van der Waals surface area contributed by atoms with Gasteiger partial charge in [-0.05, 0) is 25.5 Å². The number of pyridine rings is 1. The molecule has 3 aromatic heterocycles. The molecule has 21 heavy (non-hydrogen) atoms. The quantitative estimate of drug-likeness (QED) is 0.789. The van der Waals surface area contributed by atoms with Crippen LogP contribution in [0.4, 0.5) is 5.82 Å². The van der Waals surface area contributed by atoms with Crippen molar-refractivity contribution in [2.45, 2.75) is 20.4 Å². The van der Waals surface area contributed by atoms with Crippen molar-refractivity contribution in [3.05, 3.63) is 35.8 Å². The van der Waals surface area contributed by atoms with Crippen LogP contribution in [0.1, 0.15) is 11.3 Å². The molecule has 7 heteroatoms. The Hall–Kier alpha value is -2.70. The van der Waals surface area contributed by atoms with Gasteiger partial charge < -0.3 is 5.32 Å². The van der Waals surface area contributed by atoms with Crippen molar-refractivity contribution >= 4 is 22.8 Å². The van der Waals surface area contributed by atoms with Crippen molar-refractivity contribution in [1.29, 1.82) is 0 Å². The van der Waals surface area contributed by atoms with Crippen LogP contribution < -0.4 is 5.32 Å². The van der Waals surface area contributed by atoms with Crippen molar-refractivity contribution in [2.75, 3.05) is 5.32 Å². The molecule has 0 bridgehead atoms. The highest BCUT2D eigenvalue weighted by atomic mass is 16.2. The van der Waals surface area contributed by atoms with Crippen LogP contribution in [0.25, 0.3) is 11.0 Å². The lowest BCUT2D eigenvalue weighted by atomic mass is 10.3. The van der Waals surface area contributed by atoms with Gasteiger partial charge in [0.05, 0.1) is 11.9 Å². The van der Waals surface area contributed by atoms with E-state index in [1.807, 2.05) is 27.0 Å². The standard InChI is InChI=1S/C14H16N6O/c1-9-4-5-12(15-6-9)17-13(21)8-20-14-10(2)18-19(3)11(14)7-16-20/h4-7H,8H2,1-3H3,(H,15,17,21). The number of nitrogens with zero attached hydrogens (tertiary/aromatic N) is 5. The number of carbonyl (C=O) groups is 1. The fraction of sp³-hybridized carbons (Fsp3) is 0.286. The molecule has 0 aliphatic carbocycles. The summed E-state index contributed by atoms with van der Waals surface area (Å²) in [5.41, 5.74) is 3.69. The number of anilines is 1. The Morgan fingerprint density at radius 1 is 1.29 bits per heavy atom. The molecule has 108 valence electrons. The average Bonchev–Trinajstić information content (AvgIpc) is 2.96. The lowest BCUT2D eigenvalue weighted by Gasteiger charge is -2.05. The van der Waals surface area contributed by atoms with E-state index in [1.54, 1.807) is 27.8 Å². The number of aromatic nitrogens is 5. The summed E-state index contributed by atoms with van der Waals surface area (Å²) in [6.07, 6.45) is 3.43. The fourth-order valence-electron chi connectivity index (χ4n) is 2.29. The Kier molecular flexibility index (Phi) is 3.17. The summed E-state index contributed by atoms with van der Waals surface area (Å²) < 4.78 is 3.41. The topological polar surface area (TPSA) is 77.6 Å². The van der Waals surface area contributed by atoms with E-state index in [-0.39, 0.29) is 12.5 Å². The maximum atomic E-state index is 12.1. The van der Waals surface area contributed by atoms with Gasteiger partial charge in [-0.15, -0.1) is 0 Å². The minimum absolute atomic E-state index is 0.131. The predicted octanol–water partition coefficient (Wildman–Crippen LogP) is 1.42. The Balaban J connectivity index is 1.78. The number of amides is 1. The van der Waals surface area contributed by atoms with Gasteiger partial charge in [0, 0.05) is 13.2 Å². The van der Waals surface area contributed by atoms with Gasteiger partial charge in [-0.25, -0.2) is 4.98 Å². The number of aryl methyl sites for hydroxylation is 3. The summed E-state index contributed by atoms with van der Waals surface area (Å²) in [4.78, 5) is 16.2. The van der Waals surface area contributed by atoms with E-state index in [9.17, 15) is 4.79 Å². The molecule has 0 atom stereocenters. The van der Waals surface area contributed by atoms with E-state index < -0.39 is 0 Å². The summed E-state index contributed by atoms with van der Waals surface area (Å²) in [5, 5.41) is 11.3. The summed E-state index contributed by atoms with van der Waals surface area (Å²) in [7, 11) is 1.86. The zero-order valence-corrected chi connectivity index (χ0v) is 12.2. The molecule has 3 heterocycles. The van der Waals surface area contributed by atoms with Gasteiger partial charge in [-0.3, -0.25) is 14.2 Å². The highest BCUT2D eigenvalue weighted by molar-refractivity contribution is 5.90. The molecule has 0 unspecified atom stereocenters. The molecule has 3 aromatic rings. The molecular formula is C14H16N6O. The summed E-state index contributed by atoms with van der Waals surface area (Å²) in [6.45, 7) is 3.98. The fourth-order valence-corrected chi connectivity index (χ4v) is 2.29. The molecule has 7 nitrogen and oxygen atoms in total. The van der Waals surface area contributed by atoms with E-state index in [0.717, 1.165) is 22.3 Å². The first-order chi connectivity index (χ1) is 10.0. The van der Waals surface area contributed by atoms with Gasteiger partial charge >= 0.3 is 0 Å². The van der Waals surface area contributed by atoms with Crippen molar-refractivity contribution in [2.24, 2.45) is 7.05 Å². The first-order valence-corrected chi connectivity index (χ1v) is 6.62. The first kappa shape index (κ1) is 13.3. The van der Waals surface area contributed by atoms with Crippen LogP contribution in [0.2, 0.25) is 0 Å².